The highest BCUT2D eigenvalue weighted by molar-refractivity contribution is 6.33. The van der Waals surface area contributed by atoms with Crippen molar-refractivity contribution < 1.29 is 4.79 Å². The Morgan fingerprint density at radius 1 is 1.29 bits per heavy atom. The Labute approximate surface area is 128 Å². The minimum Gasteiger partial charge on any atom is -0.333 e. The molecule has 0 fully saturated rings. The molecule has 3 N–H and O–H groups in total. The van der Waals surface area contributed by atoms with Crippen molar-refractivity contribution >= 4 is 23.3 Å². The maximum absolute atomic E-state index is 12.6. The number of carbonyl (C=O) groups excluding carboxylic acids is 1. The Kier molecular flexibility index (Phi) is 5.14. The number of anilines is 1. The summed E-state index contributed by atoms with van der Waals surface area (Å²) in [4.78, 5) is 18.4. The first-order valence-electron chi connectivity index (χ1n) is 6.62. The van der Waals surface area contributed by atoms with Crippen LogP contribution in [-0.4, -0.2) is 22.3 Å². The fourth-order valence-corrected chi connectivity index (χ4v) is 2.14. The van der Waals surface area contributed by atoms with Crippen molar-refractivity contribution in [3.63, 3.8) is 0 Å². The standard InChI is InChI=1S/C15H17ClN4O/c1-2-20(10-11-6-4-3-5-7-11)15(21)14-12(16)8-9-13(18-14)19-17/h3-9H,2,10,17H2,1H3,(H,18,19). The lowest BCUT2D eigenvalue weighted by molar-refractivity contribution is 0.0747. The van der Waals surface area contributed by atoms with Crippen LogP contribution in [0.3, 0.4) is 0 Å². The van der Waals surface area contributed by atoms with Crippen LogP contribution in [0.25, 0.3) is 0 Å². The highest BCUT2D eigenvalue weighted by Gasteiger charge is 2.19. The molecular weight excluding hydrogens is 288 g/mol. The number of pyridine rings is 1. The predicted molar refractivity (Wildman–Crippen MR) is 83.9 cm³/mol. The van der Waals surface area contributed by atoms with Gasteiger partial charge in [-0.25, -0.2) is 10.8 Å². The average molecular weight is 305 g/mol. The van der Waals surface area contributed by atoms with Gasteiger partial charge in [0.2, 0.25) is 0 Å². The Hall–Kier alpha value is -2.11. The molecule has 0 unspecified atom stereocenters. The van der Waals surface area contributed by atoms with Crippen molar-refractivity contribution in [3.8, 4) is 0 Å². The van der Waals surface area contributed by atoms with Crippen LogP contribution in [0.4, 0.5) is 5.82 Å². The Morgan fingerprint density at radius 3 is 2.62 bits per heavy atom. The lowest BCUT2D eigenvalue weighted by atomic mass is 10.2. The van der Waals surface area contributed by atoms with Gasteiger partial charge in [0.15, 0.2) is 0 Å². The number of nitrogens with zero attached hydrogens (tertiary/aromatic N) is 2. The number of hydrogen-bond donors (Lipinski definition) is 2. The number of nitrogen functional groups attached to an aromatic ring is 1. The third kappa shape index (κ3) is 3.71. The molecule has 0 spiro atoms. The van der Waals surface area contributed by atoms with Crippen LogP contribution >= 0.6 is 11.6 Å². The monoisotopic (exact) mass is 304 g/mol. The molecule has 21 heavy (non-hydrogen) atoms. The van der Waals surface area contributed by atoms with E-state index in [-0.39, 0.29) is 11.6 Å². The number of rotatable bonds is 5. The molecule has 1 amide bonds. The number of halogens is 1. The van der Waals surface area contributed by atoms with Gasteiger partial charge in [-0.05, 0) is 24.6 Å². The molecular formula is C15H17ClN4O. The number of hydrogen-bond acceptors (Lipinski definition) is 4. The highest BCUT2D eigenvalue weighted by Crippen LogP contribution is 2.19. The topological polar surface area (TPSA) is 71.2 Å². The van der Waals surface area contributed by atoms with Crippen LogP contribution in [0.5, 0.6) is 0 Å². The molecule has 0 aliphatic heterocycles. The van der Waals surface area contributed by atoms with Gasteiger partial charge in [0, 0.05) is 13.1 Å². The number of nitrogens with two attached hydrogens (primary N) is 1. The van der Waals surface area contributed by atoms with Crippen molar-refractivity contribution in [3.05, 3.63) is 58.7 Å². The van der Waals surface area contributed by atoms with E-state index >= 15 is 0 Å². The third-order valence-corrected chi connectivity index (χ3v) is 3.39. The molecule has 110 valence electrons. The van der Waals surface area contributed by atoms with Gasteiger partial charge in [-0.15, -0.1) is 0 Å². The number of hydrazine groups is 1. The van der Waals surface area contributed by atoms with Crippen LogP contribution < -0.4 is 11.3 Å². The van der Waals surface area contributed by atoms with Crippen LogP contribution in [-0.2, 0) is 6.54 Å². The molecule has 0 radical (unpaired) electrons. The molecule has 1 aromatic heterocycles. The lowest BCUT2D eigenvalue weighted by Gasteiger charge is -2.21. The lowest BCUT2D eigenvalue weighted by Crippen LogP contribution is -2.31. The molecule has 0 aliphatic carbocycles. The molecule has 1 heterocycles. The highest BCUT2D eigenvalue weighted by atomic mass is 35.5. The molecule has 2 aromatic rings. The first-order valence-corrected chi connectivity index (χ1v) is 7.00. The zero-order valence-corrected chi connectivity index (χ0v) is 12.5. The summed E-state index contributed by atoms with van der Waals surface area (Å²) >= 11 is 6.07. The minimum absolute atomic E-state index is 0.199. The van der Waals surface area contributed by atoms with Gasteiger partial charge in [-0.1, -0.05) is 41.9 Å². The van der Waals surface area contributed by atoms with E-state index in [1.165, 1.54) is 0 Å². The van der Waals surface area contributed by atoms with Crippen LogP contribution in [0.15, 0.2) is 42.5 Å². The normalized spacial score (nSPS) is 10.2. The largest absolute Gasteiger partial charge is 0.333 e. The molecule has 6 heteroatoms. The zero-order valence-electron chi connectivity index (χ0n) is 11.7. The number of nitrogens with one attached hydrogen (secondary N) is 1. The van der Waals surface area contributed by atoms with Crippen molar-refractivity contribution in [2.24, 2.45) is 5.84 Å². The van der Waals surface area contributed by atoms with E-state index in [0.717, 1.165) is 5.56 Å². The van der Waals surface area contributed by atoms with Crippen molar-refractivity contribution in [2.45, 2.75) is 13.5 Å². The molecule has 5 nitrogen and oxygen atoms in total. The number of amides is 1. The van der Waals surface area contributed by atoms with Gasteiger partial charge < -0.3 is 10.3 Å². The quantitative estimate of drug-likeness (QED) is 0.658. The van der Waals surface area contributed by atoms with Crippen LogP contribution in [0.2, 0.25) is 5.02 Å². The summed E-state index contributed by atoms with van der Waals surface area (Å²) in [7, 11) is 0. The summed E-state index contributed by atoms with van der Waals surface area (Å²) < 4.78 is 0. The van der Waals surface area contributed by atoms with Crippen LogP contribution in [0, 0.1) is 0 Å². The molecule has 0 saturated carbocycles. The summed E-state index contributed by atoms with van der Waals surface area (Å²) in [5, 5.41) is 0.311. The van der Waals surface area contributed by atoms with E-state index < -0.39 is 0 Å². The van der Waals surface area contributed by atoms with Crippen LogP contribution in [0.1, 0.15) is 23.0 Å². The zero-order chi connectivity index (χ0) is 15.2. The van der Waals surface area contributed by atoms with Crippen molar-refractivity contribution in [2.75, 3.05) is 12.0 Å². The first-order chi connectivity index (χ1) is 10.2. The van der Waals surface area contributed by atoms with E-state index in [4.69, 9.17) is 17.4 Å². The maximum atomic E-state index is 12.6. The first kappa shape index (κ1) is 15.3. The van der Waals surface area contributed by atoms with E-state index in [0.29, 0.717) is 23.9 Å². The van der Waals surface area contributed by atoms with E-state index in [1.54, 1.807) is 17.0 Å². The van der Waals surface area contributed by atoms with E-state index in [1.807, 2.05) is 37.3 Å². The average Bonchev–Trinajstić information content (AvgIpc) is 2.53. The molecule has 0 atom stereocenters. The second-order valence-corrected chi connectivity index (χ2v) is 4.88. The predicted octanol–water partition coefficient (Wildman–Crippen LogP) is 2.68. The van der Waals surface area contributed by atoms with Gasteiger partial charge in [-0.3, -0.25) is 4.79 Å². The van der Waals surface area contributed by atoms with Crippen molar-refractivity contribution in [1.82, 2.24) is 9.88 Å². The Bertz CT molecular complexity index is 618. The SMILES string of the molecule is CCN(Cc1ccccc1)C(=O)c1nc(NN)ccc1Cl. The summed E-state index contributed by atoms with van der Waals surface area (Å²) in [6.07, 6.45) is 0. The molecule has 0 aliphatic rings. The van der Waals surface area contributed by atoms with E-state index in [2.05, 4.69) is 10.4 Å². The summed E-state index contributed by atoms with van der Waals surface area (Å²) in [6, 6.07) is 13.0. The molecule has 2 rings (SSSR count). The molecule has 0 saturated heterocycles. The molecule has 1 aromatic carbocycles. The fourth-order valence-electron chi connectivity index (χ4n) is 1.95. The number of aromatic nitrogens is 1. The van der Waals surface area contributed by atoms with Gasteiger partial charge in [0.25, 0.3) is 5.91 Å². The second kappa shape index (κ2) is 7.06. The van der Waals surface area contributed by atoms with Gasteiger partial charge in [0.05, 0.1) is 5.02 Å². The minimum atomic E-state index is -0.219. The Morgan fingerprint density at radius 2 is 2.00 bits per heavy atom. The summed E-state index contributed by atoms with van der Waals surface area (Å²) in [5.41, 5.74) is 3.67. The van der Waals surface area contributed by atoms with Gasteiger partial charge >= 0.3 is 0 Å². The van der Waals surface area contributed by atoms with Gasteiger partial charge in [0.1, 0.15) is 11.5 Å². The van der Waals surface area contributed by atoms with Crippen molar-refractivity contribution in [1.29, 1.82) is 0 Å². The Balaban J connectivity index is 2.24. The second-order valence-electron chi connectivity index (χ2n) is 4.48. The van der Waals surface area contributed by atoms with E-state index in [9.17, 15) is 4.79 Å². The van der Waals surface area contributed by atoms with Gasteiger partial charge in [-0.2, -0.15) is 0 Å². The fraction of sp³-hybridized carbons (Fsp3) is 0.200. The summed E-state index contributed by atoms with van der Waals surface area (Å²) in [6.45, 7) is 2.99. The third-order valence-electron chi connectivity index (χ3n) is 3.08. The number of benzene rings is 1. The summed E-state index contributed by atoms with van der Waals surface area (Å²) in [5.74, 6) is 5.50. The maximum Gasteiger partial charge on any atom is 0.274 e. The molecule has 0 bridgehead atoms. The number of carbonyl (C=O) groups is 1. The smallest absolute Gasteiger partial charge is 0.274 e.